The number of nitrogens with zero attached hydrogens (tertiary/aromatic N) is 1. The van der Waals surface area contributed by atoms with Crippen LogP contribution in [-0.2, 0) is 16.4 Å². The van der Waals surface area contributed by atoms with E-state index in [1.807, 2.05) is 0 Å². The molecule has 0 amide bonds. The number of sulfone groups is 1. The number of halogens is 1. The number of pyridine rings is 1. The van der Waals surface area contributed by atoms with Crippen LogP contribution in [0.2, 0.25) is 5.02 Å². The van der Waals surface area contributed by atoms with E-state index in [1.54, 1.807) is 18.2 Å². The number of benzene rings is 1. The summed E-state index contributed by atoms with van der Waals surface area (Å²) in [5, 5.41) is 13.3. The number of aromatic nitrogens is 1. The molecular formula is C13H13ClN2O3S. The van der Waals surface area contributed by atoms with Gasteiger partial charge in [0, 0.05) is 23.4 Å². The quantitative estimate of drug-likeness (QED) is 0.906. The lowest BCUT2D eigenvalue weighted by Crippen LogP contribution is -2.03. The Bertz CT molecular complexity index is 715. The van der Waals surface area contributed by atoms with Crippen LogP contribution in [0.3, 0.4) is 0 Å². The predicted molar refractivity (Wildman–Crippen MR) is 77.8 cm³/mol. The van der Waals surface area contributed by atoms with E-state index in [4.69, 9.17) is 11.6 Å². The maximum atomic E-state index is 11.3. The van der Waals surface area contributed by atoms with Gasteiger partial charge in [0.2, 0.25) is 0 Å². The van der Waals surface area contributed by atoms with Gasteiger partial charge in [-0.05, 0) is 30.3 Å². The van der Waals surface area contributed by atoms with Gasteiger partial charge in [-0.25, -0.2) is 13.4 Å². The molecule has 1 aromatic heterocycles. The van der Waals surface area contributed by atoms with E-state index in [2.05, 4.69) is 10.3 Å². The minimum atomic E-state index is -3.30. The van der Waals surface area contributed by atoms with Gasteiger partial charge in [0.25, 0.3) is 0 Å². The van der Waals surface area contributed by atoms with Gasteiger partial charge in [0.15, 0.2) is 14.9 Å². The highest BCUT2D eigenvalue weighted by molar-refractivity contribution is 7.90. The molecule has 0 fully saturated rings. The molecule has 2 N–H and O–H groups in total. The second-order valence-electron chi connectivity index (χ2n) is 4.28. The van der Waals surface area contributed by atoms with Crippen LogP contribution < -0.4 is 5.32 Å². The van der Waals surface area contributed by atoms with Crippen molar-refractivity contribution in [2.24, 2.45) is 0 Å². The molecule has 1 aromatic carbocycles. The van der Waals surface area contributed by atoms with E-state index in [1.165, 1.54) is 18.3 Å². The van der Waals surface area contributed by atoms with Crippen molar-refractivity contribution in [3.05, 3.63) is 47.1 Å². The molecule has 106 valence electrons. The molecule has 2 aromatic rings. The zero-order valence-corrected chi connectivity index (χ0v) is 12.2. The summed E-state index contributed by atoms with van der Waals surface area (Å²) >= 11 is 5.85. The number of anilines is 1. The maximum absolute atomic E-state index is 11.3. The molecular weight excluding hydrogens is 300 g/mol. The lowest BCUT2D eigenvalue weighted by molar-refractivity contribution is 0.469. The summed E-state index contributed by atoms with van der Waals surface area (Å²) in [6, 6.07) is 7.82. The van der Waals surface area contributed by atoms with Crippen LogP contribution in [0.1, 0.15) is 5.56 Å². The summed E-state index contributed by atoms with van der Waals surface area (Å²) < 4.78 is 22.6. The molecule has 0 atom stereocenters. The zero-order valence-electron chi connectivity index (χ0n) is 10.7. The van der Waals surface area contributed by atoms with Crippen LogP contribution in [0.25, 0.3) is 0 Å². The Morgan fingerprint density at radius 1 is 1.30 bits per heavy atom. The SMILES string of the molecule is CS(=O)(=O)c1ccc(NCc2cc(Cl)ccc2O)cn1. The number of hydrogen-bond donors (Lipinski definition) is 2. The summed E-state index contributed by atoms with van der Waals surface area (Å²) in [6.07, 6.45) is 2.53. The molecule has 0 radical (unpaired) electrons. The van der Waals surface area contributed by atoms with Crippen molar-refractivity contribution in [3.63, 3.8) is 0 Å². The molecule has 0 aliphatic heterocycles. The van der Waals surface area contributed by atoms with Gasteiger partial charge in [-0.1, -0.05) is 11.6 Å². The van der Waals surface area contributed by atoms with Gasteiger partial charge in [0.1, 0.15) is 5.75 Å². The first kappa shape index (κ1) is 14.6. The van der Waals surface area contributed by atoms with Gasteiger partial charge in [-0.15, -0.1) is 0 Å². The Balaban J connectivity index is 2.10. The normalized spacial score (nSPS) is 11.3. The van der Waals surface area contributed by atoms with Gasteiger partial charge < -0.3 is 10.4 Å². The highest BCUT2D eigenvalue weighted by Gasteiger charge is 2.08. The number of hydrogen-bond acceptors (Lipinski definition) is 5. The van der Waals surface area contributed by atoms with Crippen molar-refractivity contribution in [1.29, 1.82) is 0 Å². The topological polar surface area (TPSA) is 79.3 Å². The van der Waals surface area contributed by atoms with Crippen LogP contribution in [-0.4, -0.2) is 24.8 Å². The van der Waals surface area contributed by atoms with E-state index in [9.17, 15) is 13.5 Å². The van der Waals surface area contributed by atoms with E-state index in [0.29, 0.717) is 22.8 Å². The first-order valence-corrected chi connectivity index (χ1v) is 8.00. The standard InChI is InChI=1S/C13H13ClN2O3S/c1-20(18,19)13-5-3-11(8-16-13)15-7-9-6-10(14)2-4-12(9)17/h2-6,8,15,17H,7H2,1H3. The average Bonchev–Trinajstić information content (AvgIpc) is 2.39. The van der Waals surface area contributed by atoms with Crippen LogP contribution in [0.4, 0.5) is 5.69 Å². The van der Waals surface area contributed by atoms with Gasteiger partial charge >= 0.3 is 0 Å². The van der Waals surface area contributed by atoms with Crippen molar-refractivity contribution in [2.45, 2.75) is 11.6 Å². The highest BCUT2D eigenvalue weighted by atomic mass is 35.5. The molecule has 0 spiro atoms. The summed E-state index contributed by atoms with van der Waals surface area (Å²) in [6.45, 7) is 0.353. The van der Waals surface area contributed by atoms with E-state index < -0.39 is 9.84 Å². The Labute approximate surface area is 122 Å². The third-order valence-electron chi connectivity index (χ3n) is 2.64. The molecule has 2 rings (SSSR count). The van der Waals surface area contributed by atoms with Crippen LogP contribution >= 0.6 is 11.6 Å². The average molecular weight is 313 g/mol. The third kappa shape index (κ3) is 3.61. The Morgan fingerprint density at radius 2 is 2.05 bits per heavy atom. The van der Waals surface area contributed by atoms with Gasteiger partial charge in [-0.2, -0.15) is 0 Å². The summed E-state index contributed by atoms with van der Waals surface area (Å²) in [5.41, 5.74) is 1.29. The van der Waals surface area contributed by atoms with Gasteiger partial charge in [0.05, 0.1) is 11.9 Å². The molecule has 0 bridgehead atoms. The van der Waals surface area contributed by atoms with Crippen molar-refractivity contribution in [1.82, 2.24) is 4.98 Å². The van der Waals surface area contributed by atoms with E-state index in [0.717, 1.165) is 6.26 Å². The largest absolute Gasteiger partial charge is 0.508 e. The monoisotopic (exact) mass is 312 g/mol. The highest BCUT2D eigenvalue weighted by Crippen LogP contribution is 2.22. The second kappa shape index (κ2) is 5.68. The van der Waals surface area contributed by atoms with E-state index in [-0.39, 0.29) is 10.8 Å². The predicted octanol–water partition coefficient (Wildman–Crippen LogP) is 2.46. The molecule has 0 saturated heterocycles. The summed E-state index contributed by atoms with van der Waals surface area (Å²) in [5.74, 6) is 0.141. The molecule has 1 heterocycles. The molecule has 0 unspecified atom stereocenters. The lowest BCUT2D eigenvalue weighted by atomic mass is 10.2. The lowest BCUT2D eigenvalue weighted by Gasteiger charge is -2.08. The van der Waals surface area contributed by atoms with Gasteiger partial charge in [-0.3, -0.25) is 0 Å². The summed E-state index contributed by atoms with van der Waals surface area (Å²) in [7, 11) is -3.30. The van der Waals surface area contributed by atoms with Crippen molar-refractivity contribution >= 4 is 27.1 Å². The minimum absolute atomic E-state index is 0.0219. The fourth-order valence-electron chi connectivity index (χ4n) is 1.60. The Morgan fingerprint density at radius 3 is 2.65 bits per heavy atom. The molecule has 20 heavy (non-hydrogen) atoms. The Kier molecular flexibility index (Phi) is 4.15. The van der Waals surface area contributed by atoms with Crippen molar-refractivity contribution in [3.8, 4) is 5.75 Å². The number of aromatic hydroxyl groups is 1. The van der Waals surface area contributed by atoms with Crippen LogP contribution in [0, 0.1) is 0 Å². The fourth-order valence-corrected chi connectivity index (χ4v) is 2.35. The van der Waals surface area contributed by atoms with Crippen molar-refractivity contribution in [2.75, 3.05) is 11.6 Å². The smallest absolute Gasteiger partial charge is 0.192 e. The molecule has 0 saturated carbocycles. The van der Waals surface area contributed by atoms with Crippen LogP contribution in [0.15, 0.2) is 41.6 Å². The van der Waals surface area contributed by atoms with Crippen molar-refractivity contribution < 1.29 is 13.5 Å². The summed E-state index contributed by atoms with van der Waals surface area (Å²) in [4.78, 5) is 3.86. The number of rotatable bonds is 4. The number of nitrogens with one attached hydrogen (secondary N) is 1. The Hall–Kier alpha value is -1.79. The van der Waals surface area contributed by atoms with E-state index >= 15 is 0 Å². The first-order valence-electron chi connectivity index (χ1n) is 5.73. The molecule has 7 heteroatoms. The second-order valence-corrected chi connectivity index (χ2v) is 6.68. The number of phenols is 1. The maximum Gasteiger partial charge on any atom is 0.192 e. The first-order chi connectivity index (χ1) is 9.36. The minimum Gasteiger partial charge on any atom is -0.508 e. The van der Waals surface area contributed by atoms with Crippen LogP contribution in [0.5, 0.6) is 5.75 Å². The molecule has 0 aliphatic rings. The molecule has 0 aliphatic carbocycles. The molecule has 5 nitrogen and oxygen atoms in total. The number of phenolic OH excluding ortho intramolecular Hbond substituents is 1. The zero-order chi connectivity index (χ0) is 14.8. The third-order valence-corrected chi connectivity index (χ3v) is 3.88. The fraction of sp³-hybridized carbons (Fsp3) is 0.154.